The number of hydrogen-bond donors (Lipinski definition) is 3. The molecule has 3 N–H and O–H groups in total. The van der Waals surface area contributed by atoms with Gasteiger partial charge < -0.3 is 24.6 Å². The molecule has 1 saturated heterocycles. The normalized spacial score (nSPS) is 24.9. The average molecular weight is 393 g/mol. The van der Waals surface area contributed by atoms with E-state index < -0.39 is 48.2 Å². The topological polar surface area (TPSA) is 140 Å². The highest BCUT2D eigenvalue weighted by Crippen LogP contribution is 2.28. The van der Waals surface area contributed by atoms with Crippen LogP contribution in [0.15, 0.2) is 44.6 Å². The molecule has 1 aliphatic rings. The Morgan fingerprint density at radius 3 is 2.68 bits per heavy atom. The summed E-state index contributed by atoms with van der Waals surface area (Å²) in [5.74, 6) is -0.624. The number of aliphatic hydroxyl groups excluding tert-OH is 3. The van der Waals surface area contributed by atoms with Gasteiger partial charge in [0.15, 0.2) is 12.0 Å². The van der Waals surface area contributed by atoms with Crippen LogP contribution in [0.5, 0.6) is 0 Å². The molecule has 3 heterocycles. The third-order valence-electron chi connectivity index (χ3n) is 4.72. The van der Waals surface area contributed by atoms with Crippen LogP contribution in [0.2, 0.25) is 0 Å². The smallest absolute Gasteiger partial charge is 0.333 e. The van der Waals surface area contributed by atoms with Crippen LogP contribution < -0.4 is 11.2 Å². The zero-order valence-electron chi connectivity index (χ0n) is 14.3. The van der Waals surface area contributed by atoms with Gasteiger partial charge in [0.1, 0.15) is 24.0 Å². The van der Waals surface area contributed by atoms with Gasteiger partial charge in [-0.25, -0.2) is 9.18 Å². The summed E-state index contributed by atoms with van der Waals surface area (Å²) in [4.78, 5) is 25.0. The minimum absolute atomic E-state index is 0.0923. The summed E-state index contributed by atoms with van der Waals surface area (Å²) < 4.78 is 25.8. The van der Waals surface area contributed by atoms with Crippen molar-refractivity contribution in [3.8, 4) is 0 Å². The molecule has 148 valence electrons. The van der Waals surface area contributed by atoms with Crippen LogP contribution in [-0.4, -0.2) is 54.5 Å². The van der Waals surface area contributed by atoms with Crippen LogP contribution in [0.1, 0.15) is 11.9 Å². The minimum atomic E-state index is -1.48. The van der Waals surface area contributed by atoms with E-state index in [1.54, 1.807) is 6.07 Å². The Bertz CT molecular complexity index is 1140. The average Bonchev–Trinajstić information content (AvgIpc) is 3.22. The predicted octanol–water partition coefficient (Wildman–Crippen LogP) is -1.05. The summed E-state index contributed by atoms with van der Waals surface area (Å²) in [6.45, 7) is -0.858. The van der Waals surface area contributed by atoms with Gasteiger partial charge in [-0.05, 0) is 12.1 Å². The molecule has 4 unspecified atom stereocenters. The van der Waals surface area contributed by atoms with Crippen molar-refractivity contribution < 1.29 is 29.0 Å². The van der Waals surface area contributed by atoms with Crippen LogP contribution in [0.3, 0.4) is 0 Å². The SMILES string of the molecule is O=c1ccn(C2OC(CO)C(O)C2O)c(=O)n1Cc1noc2c(F)cccc12. The van der Waals surface area contributed by atoms with E-state index in [1.165, 1.54) is 12.1 Å². The second-order valence-electron chi connectivity index (χ2n) is 6.40. The van der Waals surface area contributed by atoms with Gasteiger partial charge >= 0.3 is 5.69 Å². The second-order valence-corrected chi connectivity index (χ2v) is 6.40. The minimum Gasteiger partial charge on any atom is -0.394 e. The lowest BCUT2D eigenvalue weighted by Crippen LogP contribution is -2.43. The van der Waals surface area contributed by atoms with Crippen molar-refractivity contribution in [2.45, 2.75) is 31.1 Å². The molecule has 4 rings (SSSR count). The number of ether oxygens (including phenoxy) is 1. The summed E-state index contributed by atoms with van der Waals surface area (Å²) in [5.41, 5.74) is -1.41. The van der Waals surface area contributed by atoms with Gasteiger partial charge in [-0.3, -0.25) is 13.9 Å². The van der Waals surface area contributed by atoms with E-state index in [2.05, 4.69) is 5.16 Å². The quantitative estimate of drug-likeness (QED) is 0.510. The number of hydrogen-bond acceptors (Lipinski definition) is 8. The summed E-state index contributed by atoms with van der Waals surface area (Å²) in [7, 11) is 0. The molecule has 2 aromatic heterocycles. The van der Waals surface area contributed by atoms with E-state index in [0.29, 0.717) is 5.39 Å². The number of aromatic nitrogens is 3. The zero-order valence-corrected chi connectivity index (χ0v) is 14.3. The van der Waals surface area contributed by atoms with Gasteiger partial charge in [0.25, 0.3) is 5.56 Å². The summed E-state index contributed by atoms with van der Waals surface area (Å²) >= 11 is 0. The van der Waals surface area contributed by atoms with Gasteiger partial charge in [0, 0.05) is 17.6 Å². The van der Waals surface area contributed by atoms with Gasteiger partial charge in [0.2, 0.25) is 5.58 Å². The van der Waals surface area contributed by atoms with Crippen LogP contribution in [0.25, 0.3) is 11.0 Å². The molecule has 28 heavy (non-hydrogen) atoms. The molecule has 0 aliphatic carbocycles. The standard InChI is InChI=1S/C17H16FN3O7/c18-9-3-1-2-8-10(19-28-15(8)9)6-21-12(23)4-5-20(17(21)26)16-14(25)13(24)11(7-22)27-16/h1-5,11,13-14,16,22,24-25H,6-7H2. The Kier molecular flexibility index (Phi) is 4.59. The third-order valence-corrected chi connectivity index (χ3v) is 4.72. The first kappa shape index (κ1) is 18.5. The second kappa shape index (κ2) is 6.95. The highest BCUT2D eigenvalue weighted by Gasteiger charge is 2.43. The lowest BCUT2D eigenvalue weighted by molar-refractivity contribution is -0.0555. The number of para-hydroxylation sites is 1. The number of fused-ring (bicyclic) bond motifs is 1. The van der Waals surface area contributed by atoms with Crippen molar-refractivity contribution in [1.82, 2.24) is 14.3 Å². The molecule has 3 aromatic rings. The first-order valence-corrected chi connectivity index (χ1v) is 8.39. The van der Waals surface area contributed by atoms with E-state index in [-0.39, 0.29) is 17.8 Å². The molecule has 1 aliphatic heterocycles. The molecule has 1 fully saturated rings. The first-order chi connectivity index (χ1) is 13.4. The maximum atomic E-state index is 13.8. The number of aliphatic hydroxyl groups is 3. The molecule has 11 heteroatoms. The molecular formula is C17H16FN3O7. The van der Waals surface area contributed by atoms with E-state index in [4.69, 9.17) is 9.26 Å². The van der Waals surface area contributed by atoms with Crippen molar-refractivity contribution >= 4 is 11.0 Å². The fourth-order valence-electron chi connectivity index (χ4n) is 3.22. The lowest BCUT2D eigenvalue weighted by atomic mass is 10.1. The zero-order chi connectivity index (χ0) is 20.0. The maximum absolute atomic E-state index is 13.8. The third kappa shape index (κ3) is 2.85. The molecular weight excluding hydrogens is 377 g/mol. The molecule has 0 saturated carbocycles. The van der Waals surface area contributed by atoms with Crippen LogP contribution in [-0.2, 0) is 11.3 Å². The van der Waals surface area contributed by atoms with Crippen LogP contribution >= 0.6 is 0 Å². The molecule has 0 amide bonds. The number of rotatable bonds is 4. The summed E-state index contributed by atoms with van der Waals surface area (Å²) in [6, 6.07) is 5.27. The van der Waals surface area contributed by atoms with E-state index in [0.717, 1.165) is 21.4 Å². The van der Waals surface area contributed by atoms with Gasteiger partial charge in [0.05, 0.1) is 13.2 Å². The van der Waals surface area contributed by atoms with Gasteiger partial charge in [-0.1, -0.05) is 11.2 Å². The fraction of sp³-hybridized carbons (Fsp3) is 0.353. The number of nitrogens with zero attached hydrogens (tertiary/aromatic N) is 3. The fourth-order valence-corrected chi connectivity index (χ4v) is 3.22. The maximum Gasteiger partial charge on any atom is 0.333 e. The van der Waals surface area contributed by atoms with E-state index in [9.17, 15) is 29.3 Å². The molecule has 4 atom stereocenters. The van der Waals surface area contributed by atoms with E-state index in [1.807, 2.05) is 0 Å². The van der Waals surface area contributed by atoms with Crippen molar-refractivity contribution in [3.63, 3.8) is 0 Å². The first-order valence-electron chi connectivity index (χ1n) is 8.39. The van der Waals surface area contributed by atoms with Crippen molar-refractivity contribution in [2.75, 3.05) is 6.61 Å². The Labute approximate surface area is 155 Å². The van der Waals surface area contributed by atoms with Crippen LogP contribution in [0.4, 0.5) is 4.39 Å². The predicted molar refractivity (Wildman–Crippen MR) is 91.0 cm³/mol. The Morgan fingerprint density at radius 2 is 1.96 bits per heavy atom. The molecule has 10 nitrogen and oxygen atoms in total. The van der Waals surface area contributed by atoms with Crippen molar-refractivity contribution in [3.05, 3.63) is 62.8 Å². The monoisotopic (exact) mass is 393 g/mol. The van der Waals surface area contributed by atoms with Crippen molar-refractivity contribution in [1.29, 1.82) is 0 Å². The van der Waals surface area contributed by atoms with Gasteiger partial charge in [-0.15, -0.1) is 0 Å². The Morgan fingerprint density at radius 1 is 1.18 bits per heavy atom. The van der Waals surface area contributed by atoms with Gasteiger partial charge in [-0.2, -0.15) is 0 Å². The summed E-state index contributed by atoms with van der Waals surface area (Å²) in [6.07, 6.45) is -4.12. The molecule has 0 spiro atoms. The Hall–Kier alpha value is -2.86. The number of benzene rings is 1. The molecule has 0 radical (unpaired) electrons. The highest BCUT2D eigenvalue weighted by atomic mass is 19.1. The highest BCUT2D eigenvalue weighted by molar-refractivity contribution is 5.79. The Balaban J connectivity index is 1.75. The lowest BCUT2D eigenvalue weighted by Gasteiger charge is -2.18. The van der Waals surface area contributed by atoms with Crippen molar-refractivity contribution in [2.24, 2.45) is 0 Å². The van der Waals surface area contributed by atoms with E-state index >= 15 is 0 Å². The van der Waals surface area contributed by atoms with Crippen LogP contribution in [0, 0.1) is 5.82 Å². The number of halogens is 1. The molecule has 0 bridgehead atoms. The summed E-state index contributed by atoms with van der Waals surface area (Å²) in [5, 5.41) is 33.2. The largest absolute Gasteiger partial charge is 0.394 e. The molecule has 1 aromatic carbocycles.